The second-order valence-corrected chi connectivity index (χ2v) is 6.21. The largest absolute Gasteiger partial charge is 0.416 e. The van der Waals surface area contributed by atoms with E-state index in [1.54, 1.807) is 0 Å². The molecule has 0 aliphatic heterocycles. The number of nitrogens with zero attached hydrogens (tertiary/aromatic N) is 4. The molecule has 13 heteroatoms. The molecule has 0 aliphatic carbocycles. The van der Waals surface area contributed by atoms with Gasteiger partial charge in [-0.3, -0.25) is 4.79 Å². The number of alkyl halides is 3. The number of hydrogen-bond donors (Lipinski definition) is 3. The van der Waals surface area contributed by atoms with Crippen molar-refractivity contribution in [2.24, 2.45) is 0 Å². The second kappa shape index (κ2) is 8.69. The number of tetrazole rings is 1. The summed E-state index contributed by atoms with van der Waals surface area (Å²) in [6, 6.07) is 9.31. The molecule has 31 heavy (non-hydrogen) atoms. The zero-order valence-corrected chi connectivity index (χ0v) is 16.0. The van der Waals surface area contributed by atoms with Crippen LogP contribution in [0.3, 0.4) is 0 Å². The number of amides is 3. The molecule has 0 spiro atoms. The van der Waals surface area contributed by atoms with Gasteiger partial charge in [-0.25, -0.2) is 9.59 Å². The number of benzene rings is 2. The highest BCUT2D eigenvalue weighted by Crippen LogP contribution is 2.29. The van der Waals surface area contributed by atoms with Crippen LogP contribution >= 0.6 is 0 Å². The lowest BCUT2D eigenvalue weighted by Gasteiger charge is -2.10. The molecule has 0 bridgehead atoms. The molecule has 3 aromatic rings. The number of anilines is 2. The van der Waals surface area contributed by atoms with Crippen LogP contribution in [-0.4, -0.2) is 38.8 Å². The van der Waals surface area contributed by atoms with E-state index < -0.39 is 29.4 Å². The molecule has 3 amide bonds. The summed E-state index contributed by atoms with van der Waals surface area (Å²) in [4.78, 5) is 35.7. The number of aromatic nitrogens is 4. The summed E-state index contributed by atoms with van der Waals surface area (Å²) >= 11 is 0. The Morgan fingerprint density at radius 3 is 2.00 bits per heavy atom. The van der Waals surface area contributed by atoms with Crippen molar-refractivity contribution < 1.29 is 22.8 Å². The minimum absolute atomic E-state index is 0.182. The van der Waals surface area contributed by atoms with E-state index in [1.807, 2.05) is 0 Å². The molecule has 2 aromatic carbocycles. The van der Waals surface area contributed by atoms with Gasteiger partial charge in [0.15, 0.2) is 0 Å². The van der Waals surface area contributed by atoms with Crippen LogP contribution in [0.5, 0.6) is 0 Å². The van der Waals surface area contributed by atoms with Gasteiger partial charge in [0.25, 0.3) is 0 Å². The Kier molecular flexibility index (Phi) is 6.04. The maximum Gasteiger partial charge on any atom is 0.416 e. The summed E-state index contributed by atoms with van der Waals surface area (Å²) in [5.41, 5.74) is -0.553. The van der Waals surface area contributed by atoms with Gasteiger partial charge in [-0.15, -0.1) is 0 Å². The first-order valence-electron chi connectivity index (χ1n) is 8.76. The van der Waals surface area contributed by atoms with E-state index in [0.29, 0.717) is 11.4 Å². The van der Waals surface area contributed by atoms with Crippen LogP contribution in [0.2, 0.25) is 0 Å². The monoisotopic (exact) mass is 435 g/mol. The molecule has 162 valence electrons. The Bertz CT molecular complexity index is 1140. The third kappa shape index (κ3) is 5.26. The van der Waals surface area contributed by atoms with Crippen molar-refractivity contribution in [1.29, 1.82) is 0 Å². The van der Waals surface area contributed by atoms with Gasteiger partial charge in [0, 0.05) is 18.4 Å². The first-order valence-corrected chi connectivity index (χ1v) is 8.76. The number of hydrogen-bond acceptors (Lipinski definition) is 5. The topological polar surface area (TPSA) is 123 Å². The highest BCUT2D eigenvalue weighted by Gasteiger charge is 2.30. The Labute approximate surface area is 172 Å². The SMILES string of the molecule is CNC(=O)Cn1nnn(-c2ccc(NC(=O)Nc3ccc(C(F)(F)F)cc3)cc2)c1=O. The van der Waals surface area contributed by atoms with E-state index in [-0.39, 0.29) is 12.2 Å². The molecule has 0 radical (unpaired) electrons. The molecule has 0 unspecified atom stereocenters. The maximum atomic E-state index is 12.6. The minimum Gasteiger partial charge on any atom is -0.358 e. The first kappa shape index (κ1) is 21.5. The van der Waals surface area contributed by atoms with Crippen LogP contribution in [0, 0.1) is 0 Å². The van der Waals surface area contributed by atoms with Gasteiger partial charge in [-0.2, -0.15) is 22.5 Å². The van der Waals surface area contributed by atoms with Crippen LogP contribution in [0.25, 0.3) is 5.69 Å². The van der Waals surface area contributed by atoms with Gasteiger partial charge in [0.05, 0.1) is 11.3 Å². The zero-order valence-electron chi connectivity index (χ0n) is 16.0. The van der Waals surface area contributed by atoms with Gasteiger partial charge in [-0.05, 0) is 59.0 Å². The standard InChI is InChI=1S/C18H16F3N7O3/c1-22-15(29)10-27-17(31)28(26-25-27)14-8-6-13(7-9-14)24-16(30)23-12-4-2-11(3-5-12)18(19,20)21/h2-9H,10H2,1H3,(H,22,29)(H2,23,24,30). The normalized spacial score (nSPS) is 11.1. The fourth-order valence-corrected chi connectivity index (χ4v) is 2.47. The smallest absolute Gasteiger partial charge is 0.358 e. The fourth-order valence-electron chi connectivity index (χ4n) is 2.47. The van der Waals surface area contributed by atoms with Gasteiger partial charge < -0.3 is 16.0 Å². The molecule has 0 fully saturated rings. The predicted octanol–water partition coefficient (Wildman–Crippen LogP) is 1.84. The highest BCUT2D eigenvalue weighted by atomic mass is 19.4. The summed E-state index contributed by atoms with van der Waals surface area (Å²) in [6.07, 6.45) is -4.46. The van der Waals surface area contributed by atoms with Crippen molar-refractivity contribution >= 4 is 23.3 Å². The summed E-state index contributed by atoms with van der Waals surface area (Å²) in [5, 5.41) is 14.6. The molecule has 3 N–H and O–H groups in total. The summed E-state index contributed by atoms with van der Waals surface area (Å²) in [6.45, 7) is -0.279. The fraction of sp³-hybridized carbons (Fsp3) is 0.167. The lowest BCUT2D eigenvalue weighted by atomic mass is 10.2. The molecule has 0 aliphatic rings. The van der Waals surface area contributed by atoms with Crippen LogP contribution < -0.4 is 21.6 Å². The second-order valence-electron chi connectivity index (χ2n) is 6.21. The molecule has 1 heterocycles. The lowest BCUT2D eigenvalue weighted by Crippen LogP contribution is -2.31. The van der Waals surface area contributed by atoms with E-state index in [2.05, 4.69) is 26.4 Å². The van der Waals surface area contributed by atoms with E-state index in [9.17, 15) is 27.6 Å². The molecule has 10 nitrogen and oxygen atoms in total. The summed E-state index contributed by atoms with van der Waals surface area (Å²) in [7, 11) is 1.43. The molecule has 3 rings (SSSR count). The Balaban J connectivity index is 1.64. The van der Waals surface area contributed by atoms with E-state index >= 15 is 0 Å². The van der Waals surface area contributed by atoms with E-state index in [0.717, 1.165) is 33.6 Å². The number of likely N-dealkylation sites (N-methyl/N-ethyl adjacent to an activating group) is 1. The molecule has 0 saturated carbocycles. The Morgan fingerprint density at radius 1 is 0.935 bits per heavy atom. The molecule has 1 aromatic heterocycles. The number of halogens is 3. The van der Waals surface area contributed by atoms with Crippen molar-refractivity contribution in [3.8, 4) is 5.69 Å². The summed E-state index contributed by atoms with van der Waals surface area (Å²) < 4.78 is 39.6. The molecular weight excluding hydrogens is 419 g/mol. The van der Waals surface area contributed by atoms with Crippen molar-refractivity contribution in [2.45, 2.75) is 12.7 Å². The highest BCUT2D eigenvalue weighted by molar-refractivity contribution is 5.99. The maximum absolute atomic E-state index is 12.6. The third-order valence-corrected chi connectivity index (χ3v) is 4.05. The number of urea groups is 1. The van der Waals surface area contributed by atoms with Crippen molar-refractivity contribution in [1.82, 2.24) is 25.1 Å². The van der Waals surface area contributed by atoms with Crippen LogP contribution in [0.4, 0.5) is 29.3 Å². The van der Waals surface area contributed by atoms with E-state index in [4.69, 9.17) is 0 Å². The quantitative estimate of drug-likeness (QED) is 0.564. The van der Waals surface area contributed by atoms with E-state index in [1.165, 1.54) is 31.3 Å². The molecular formula is C18H16F3N7O3. The van der Waals surface area contributed by atoms with Crippen molar-refractivity contribution in [3.63, 3.8) is 0 Å². The predicted molar refractivity (Wildman–Crippen MR) is 104 cm³/mol. The average Bonchev–Trinajstić information content (AvgIpc) is 3.08. The van der Waals surface area contributed by atoms with Crippen LogP contribution in [0.15, 0.2) is 53.3 Å². The van der Waals surface area contributed by atoms with Gasteiger partial charge in [0.1, 0.15) is 6.54 Å². The number of carbonyl (C=O) groups excluding carboxylic acids is 2. The van der Waals surface area contributed by atoms with Gasteiger partial charge >= 0.3 is 17.9 Å². The molecule has 0 atom stereocenters. The number of rotatable bonds is 5. The van der Waals surface area contributed by atoms with Crippen molar-refractivity contribution in [2.75, 3.05) is 17.7 Å². The van der Waals surface area contributed by atoms with Crippen LogP contribution in [-0.2, 0) is 17.5 Å². The zero-order chi connectivity index (χ0) is 22.6. The first-order chi connectivity index (χ1) is 14.7. The van der Waals surface area contributed by atoms with Crippen LogP contribution in [0.1, 0.15) is 5.56 Å². The summed E-state index contributed by atoms with van der Waals surface area (Å²) in [5.74, 6) is -0.409. The Morgan fingerprint density at radius 2 is 1.48 bits per heavy atom. The van der Waals surface area contributed by atoms with Crippen molar-refractivity contribution in [3.05, 3.63) is 64.6 Å². The van der Waals surface area contributed by atoms with Gasteiger partial charge in [0.2, 0.25) is 5.91 Å². The number of nitrogens with one attached hydrogen (secondary N) is 3. The van der Waals surface area contributed by atoms with Gasteiger partial charge in [-0.1, -0.05) is 0 Å². The minimum atomic E-state index is -4.46. The number of carbonyl (C=O) groups is 2. The average molecular weight is 435 g/mol. The lowest BCUT2D eigenvalue weighted by molar-refractivity contribution is -0.137. The molecule has 0 saturated heterocycles. The Hall–Kier alpha value is -4.16. The third-order valence-electron chi connectivity index (χ3n) is 4.05.